The summed E-state index contributed by atoms with van der Waals surface area (Å²) in [5.41, 5.74) is 0. The van der Waals surface area contributed by atoms with Gasteiger partial charge in [-0.3, -0.25) is 14.4 Å². The summed E-state index contributed by atoms with van der Waals surface area (Å²) in [5, 5.41) is 0. The minimum Gasteiger partial charge on any atom is -0.462 e. The molecule has 1 atom stereocenters. The first-order valence-corrected chi connectivity index (χ1v) is 23.9. The van der Waals surface area contributed by atoms with Crippen LogP contribution in [0.4, 0.5) is 0 Å². The Bertz CT molecular complexity index is 811. The molecule has 0 fully saturated rings. The maximum Gasteiger partial charge on any atom is 0.306 e. The van der Waals surface area contributed by atoms with Crippen LogP contribution < -0.4 is 0 Å². The highest BCUT2D eigenvalue weighted by Crippen LogP contribution is 2.17. The highest BCUT2D eigenvalue weighted by atomic mass is 16.6. The quantitative estimate of drug-likeness (QED) is 0.0349. The SMILES string of the molecule is CCCCCCCCCCCCCCC(=O)OC[C@H](COC(=O)CCCCCCC)OC(=O)CCCCCCCCCCCCCCCCCCC(C)C. The van der Waals surface area contributed by atoms with E-state index in [2.05, 4.69) is 27.7 Å². The normalized spacial score (nSPS) is 11.9. The molecular weight excluding hydrogens is 673 g/mol. The zero-order valence-electron chi connectivity index (χ0n) is 36.7. The molecular formula is C48H92O6. The molecule has 0 rings (SSSR count). The van der Waals surface area contributed by atoms with Crippen molar-refractivity contribution in [2.75, 3.05) is 13.2 Å². The third kappa shape index (κ3) is 41.6. The van der Waals surface area contributed by atoms with E-state index in [9.17, 15) is 14.4 Å². The van der Waals surface area contributed by atoms with Crippen LogP contribution in [-0.2, 0) is 28.6 Å². The Labute approximate surface area is 336 Å². The molecule has 0 aromatic carbocycles. The van der Waals surface area contributed by atoms with Crippen molar-refractivity contribution < 1.29 is 28.6 Å². The third-order valence-corrected chi connectivity index (χ3v) is 10.8. The lowest BCUT2D eigenvalue weighted by Crippen LogP contribution is -2.30. The Morgan fingerprint density at radius 3 is 0.907 bits per heavy atom. The van der Waals surface area contributed by atoms with Gasteiger partial charge in [0.15, 0.2) is 6.10 Å². The van der Waals surface area contributed by atoms with Crippen molar-refractivity contribution in [1.82, 2.24) is 0 Å². The van der Waals surface area contributed by atoms with E-state index >= 15 is 0 Å². The molecule has 0 aromatic heterocycles. The molecule has 0 saturated heterocycles. The van der Waals surface area contributed by atoms with E-state index in [1.54, 1.807) is 0 Å². The van der Waals surface area contributed by atoms with Gasteiger partial charge in [0, 0.05) is 19.3 Å². The van der Waals surface area contributed by atoms with Gasteiger partial charge in [-0.05, 0) is 25.2 Å². The van der Waals surface area contributed by atoms with E-state index in [1.165, 1.54) is 154 Å². The van der Waals surface area contributed by atoms with Crippen molar-refractivity contribution in [3.63, 3.8) is 0 Å². The molecule has 0 aliphatic carbocycles. The summed E-state index contributed by atoms with van der Waals surface area (Å²) in [6.07, 6.45) is 42.6. The lowest BCUT2D eigenvalue weighted by molar-refractivity contribution is -0.167. The van der Waals surface area contributed by atoms with E-state index in [0.29, 0.717) is 19.3 Å². The Morgan fingerprint density at radius 2 is 0.611 bits per heavy atom. The van der Waals surface area contributed by atoms with Gasteiger partial charge in [0.2, 0.25) is 0 Å². The Kier molecular flexibility index (Phi) is 41.3. The van der Waals surface area contributed by atoms with E-state index in [4.69, 9.17) is 14.2 Å². The maximum atomic E-state index is 12.7. The van der Waals surface area contributed by atoms with Crippen LogP contribution in [0.2, 0.25) is 0 Å². The molecule has 6 nitrogen and oxygen atoms in total. The first kappa shape index (κ1) is 52.4. The van der Waals surface area contributed by atoms with Crippen LogP contribution in [0.1, 0.15) is 265 Å². The molecule has 54 heavy (non-hydrogen) atoms. The summed E-state index contributed by atoms with van der Waals surface area (Å²) in [5.74, 6) is -0.0129. The van der Waals surface area contributed by atoms with Crippen LogP contribution in [0, 0.1) is 5.92 Å². The van der Waals surface area contributed by atoms with Crippen molar-refractivity contribution in [2.45, 2.75) is 271 Å². The van der Waals surface area contributed by atoms with Crippen molar-refractivity contribution in [1.29, 1.82) is 0 Å². The summed E-state index contributed by atoms with van der Waals surface area (Å²) in [4.78, 5) is 37.5. The van der Waals surface area contributed by atoms with Crippen LogP contribution in [0.3, 0.4) is 0 Å². The van der Waals surface area contributed by atoms with E-state index in [1.807, 2.05) is 0 Å². The van der Waals surface area contributed by atoms with Crippen molar-refractivity contribution in [3.8, 4) is 0 Å². The van der Waals surface area contributed by atoms with Crippen LogP contribution >= 0.6 is 0 Å². The van der Waals surface area contributed by atoms with E-state index < -0.39 is 6.10 Å². The van der Waals surface area contributed by atoms with Crippen LogP contribution in [0.25, 0.3) is 0 Å². The molecule has 0 aromatic rings. The molecule has 0 aliphatic rings. The number of hydrogen-bond donors (Lipinski definition) is 0. The largest absolute Gasteiger partial charge is 0.462 e. The van der Waals surface area contributed by atoms with Crippen molar-refractivity contribution in [2.24, 2.45) is 5.92 Å². The predicted molar refractivity (Wildman–Crippen MR) is 229 cm³/mol. The fourth-order valence-corrected chi connectivity index (χ4v) is 7.16. The fraction of sp³-hybridized carbons (Fsp3) is 0.938. The topological polar surface area (TPSA) is 78.9 Å². The van der Waals surface area contributed by atoms with Crippen molar-refractivity contribution >= 4 is 17.9 Å². The summed E-state index contributed by atoms with van der Waals surface area (Å²) in [6.45, 7) is 8.94. The summed E-state index contributed by atoms with van der Waals surface area (Å²) < 4.78 is 16.6. The van der Waals surface area contributed by atoms with Gasteiger partial charge in [0.1, 0.15) is 13.2 Å². The average molecular weight is 765 g/mol. The number of carbonyl (C=O) groups excluding carboxylic acids is 3. The standard InChI is InChI=1S/C48H92O6/c1-5-7-9-11-12-13-14-22-25-28-32-36-40-47(50)53-43-45(42-52-46(49)39-35-30-10-8-6-2)54-48(51)41-37-33-29-26-23-20-18-16-15-17-19-21-24-27-31-34-38-44(3)4/h44-45H,5-43H2,1-4H3/t45-/m0/s1. The number of unbranched alkanes of at least 4 members (excludes halogenated alkanes) is 30. The van der Waals surface area contributed by atoms with Gasteiger partial charge in [-0.1, -0.05) is 227 Å². The Balaban J connectivity index is 4.12. The molecule has 0 N–H and O–H groups in total. The Hall–Kier alpha value is -1.59. The molecule has 0 spiro atoms. The van der Waals surface area contributed by atoms with Gasteiger partial charge < -0.3 is 14.2 Å². The second kappa shape index (κ2) is 42.6. The van der Waals surface area contributed by atoms with Crippen LogP contribution in [-0.4, -0.2) is 37.2 Å². The molecule has 6 heteroatoms. The first-order valence-electron chi connectivity index (χ1n) is 23.9. The zero-order chi connectivity index (χ0) is 39.6. The Morgan fingerprint density at radius 1 is 0.352 bits per heavy atom. The summed E-state index contributed by atoms with van der Waals surface area (Å²) in [6, 6.07) is 0. The molecule has 320 valence electrons. The number of hydrogen-bond acceptors (Lipinski definition) is 6. The van der Waals surface area contributed by atoms with E-state index in [-0.39, 0.29) is 31.1 Å². The fourth-order valence-electron chi connectivity index (χ4n) is 7.16. The molecule has 0 unspecified atom stereocenters. The second-order valence-corrected chi connectivity index (χ2v) is 16.9. The summed E-state index contributed by atoms with van der Waals surface area (Å²) >= 11 is 0. The number of carbonyl (C=O) groups is 3. The van der Waals surface area contributed by atoms with Crippen LogP contribution in [0.15, 0.2) is 0 Å². The summed E-state index contributed by atoms with van der Waals surface area (Å²) in [7, 11) is 0. The number of ether oxygens (including phenoxy) is 3. The molecule has 0 saturated carbocycles. The average Bonchev–Trinajstić information content (AvgIpc) is 3.15. The third-order valence-electron chi connectivity index (χ3n) is 10.8. The van der Waals surface area contributed by atoms with Gasteiger partial charge in [-0.2, -0.15) is 0 Å². The van der Waals surface area contributed by atoms with Gasteiger partial charge in [0.05, 0.1) is 0 Å². The molecule has 0 heterocycles. The van der Waals surface area contributed by atoms with Gasteiger partial charge in [-0.15, -0.1) is 0 Å². The van der Waals surface area contributed by atoms with Gasteiger partial charge >= 0.3 is 17.9 Å². The molecule has 0 radical (unpaired) electrons. The smallest absolute Gasteiger partial charge is 0.306 e. The van der Waals surface area contributed by atoms with Crippen molar-refractivity contribution in [3.05, 3.63) is 0 Å². The first-order chi connectivity index (χ1) is 26.4. The molecule has 0 amide bonds. The van der Waals surface area contributed by atoms with Crippen LogP contribution in [0.5, 0.6) is 0 Å². The van der Waals surface area contributed by atoms with Gasteiger partial charge in [-0.25, -0.2) is 0 Å². The molecule has 0 bridgehead atoms. The zero-order valence-corrected chi connectivity index (χ0v) is 36.7. The van der Waals surface area contributed by atoms with E-state index in [0.717, 1.165) is 70.1 Å². The minimum atomic E-state index is -0.757. The highest BCUT2D eigenvalue weighted by Gasteiger charge is 2.19. The van der Waals surface area contributed by atoms with Gasteiger partial charge in [0.25, 0.3) is 0 Å². The number of rotatable bonds is 43. The maximum absolute atomic E-state index is 12.7. The lowest BCUT2D eigenvalue weighted by atomic mass is 10.0. The molecule has 0 aliphatic heterocycles. The monoisotopic (exact) mass is 765 g/mol. The predicted octanol–water partition coefficient (Wildman–Crippen LogP) is 15.1. The highest BCUT2D eigenvalue weighted by molar-refractivity contribution is 5.71. The lowest BCUT2D eigenvalue weighted by Gasteiger charge is -2.18. The second-order valence-electron chi connectivity index (χ2n) is 16.9. The minimum absolute atomic E-state index is 0.0643. The number of esters is 3.